The minimum absolute atomic E-state index is 0.0181. The van der Waals surface area contributed by atoms with E-state index in [2.05, 4.69) is 26.1 Å². The van der Waals surface area contributed by atoms with Crippen molar-refractivity contribution < 1.29 is 8.42 Å². The molecule has 0 aliphatic heterocycles. The van der Waals surface area contributed by atoms with E-state index in [0.717, 1.165) is 24.9 Å². The number of hydrogen-bond acceptors (Lipinski definition) is 3. The smallest absolute Gasteiger partial charge is 0.180 e. The van der Waals surface area contributed by atoms with Crippen LogP contribution in [0.5, 0.6) is 0 Å². The summed E-state index contributed by atoms with van der Waals surface area (Å²) in [6.07, 6.45) is 1.99. The Morgan fingerprint density at radius 3 is 2.40 bits per heavy atom. The molecule has 4 heteroatoms. The topological polar surface area (TPSA) is 46.2 Å². The van der Waals surface area contributed by atoms with Crippen LogP contribution >= 0.6 is 0 Å². The van der Waals surface area contributed by atoms with Gasteiger partial charge in [-0.15, -0.1) is 0 Å². The van der Waals surface area contributed by atoms with E-state index in [4.69, 9.17) is 0 Å². The van der Waals surface area contributed by atoms with Crippen LogP contribution in [0.25, 0.3) is 0 Å². The van der Waals surface area contributed by atoms with Crippen LogP contribution in [0.2, 0.25) is 0 Å². The van der Waals surface area contributed by atoms with Crippen LogP contribution < -0.4 is 5.32 Å². The SMILES string of the molecule is CCCNC(CS(=O)(=O)c1ccccc1C)C(C)CC. The first-order valence-electron chi connectivity index (χ1n) is 7.44. The normalized spacial score (nSPS) is 15.0. The Balaban J connectivity index is 2.94. The van der Waals surface area contributed by atoms with E-state index >= 15 is 0 Å². The quantitative estimate of drug-likeness (QED) is 0.801. The van der Waals surface area contributed by atoms with Crippen LogP contribution in [0, 0.1) is 12.8 Å². The van der Waals surface area contributed by atoms with Gasteiger partial charge in [0.25, 0.3) is 0 Å². The Morgan fingerprint density at radius 2 is 1.85 bits per heavy atom. The van der Waals surface area contributed by atoms with E-state index in [1.165, 1.54) is 0 Å². The molecule has 114 valence electrons. The molecule has 1 aromatic rings. The van der Waals surface area contributed by atoms with Gasteiger partial charge in [-0.25, -0.2) is 8.42 Å². The summed E-state index contributed by atoms with van der Waals surface area (Å²) in [6.45, 7) is 9.02. The third kappa shape index (κ3) is 4.60. The predicted octanol–water partition coefficient (Wildman–Crippen LogP) is 3.18. The van der Waals surface area contributed by atoms with Crippen LogP contribution in [-0.4, -0.2) is 26.8 Å². The van der Waals surface area contributed by atoms with E-state index in [1.54, 1.807) is 12.1 Å². The van der Waals surface area contributed by atoms with Crippen LogP contribution in [0.3, 0.4) is 0 Å². The van der Waals surface area contributed by atoms with Gasteiger partial charge < -0.3 is 5.32 Å². The average molecular weight is 297 g/mol. The molecule has 0 saturated heterocycles. The molecule has 0 fully saturated rings. The zero-order valence-electron chi connectivity index (χ0n) is 13.0. The van der Waals surface area contributed by atoms with Crippen molar-refractivity contribution in [2.45, 2.75) is 51.5 Å². The predicted molar refractivity (Wildman–Crippen MR) is 84.8 cm³/mol. The molecular weight excluding hydrogens is 270 g/mol. The minimum atomic E-state index is -3.24. The molecule has 0 aliphatic carbocycles. The molecule has 1 N–H and O–H groups in total. The minimum Gasteiger partial charge on any atom is -0.313 e. The highest BCUT2D eigenvalue weighted by molar-refractivity contribution is 7.91. The summed E-state index contributed by atoms with van der Waals surface area (Å²) < 4.78 is 25.2. The number of sulfone groups is 1. The molecule has 1 aromatic carbocycles. The van der Waals surface area contributed by atoms with Gasteiger partial charge in [0, 0.05) is 6.04 Å². The van der Waals surface area contributed by atoms with Crippen molar-refractivity contribution in [2.75, 3.05) is 12.3 Å². The molecule has 2 atom stereocenters. The molecular formula is C16H27NO2S. The molecule has 1 rings (SSSR count). The summed E-state index contributed by atoms with van der Waals surface area (Å²) in [5, 5.41) is 3.39. The summed E-state index contributed by atoms with van der Waals surface area (Å²) in [6, 6.07) is 7.24. The Kier molecular flexibility index (Phi) is 6.69. The van der Waals surface area contributed by atoms with Crippen molar-refractivity contribution in [3.8, 4) is 0 Å². The summed E-state index contributed by atoms with van der Waals surface area (Å²) in [5.74, 6) is 0.521. The maximum absolute atomic E-state index is 12.6. The van der Waals surface area contributed by atoms with Crippen molar-refractivity contribution in [3.05, 3.63) is 29.8 Å². The van der Waals surface area contributed by atoms with Crippen LogP contribution in [0.1, 0.15) is 39.2 Å². The van der Waals surface area contributed by atoms with Gasteiger partial charge in [0.2, 0.25) is 0 Å². The maximum atomic E-state index is 12.6. The third-order valence-electron chi connectivity index (χ3n) is 3.81. The molecule has 0 saturated carbocycles. The molecule has 0 spiro atoms. The van der Waals surface area contributed by atoms with E-state index in [-0.39, 0.29) is 11.8 Å². The van der Waals surface area contributed by atoms with Gasteiger partial charge in [0.05, 0.1) is 10.6 Å². The van der Waals surface area contributed by atoms with Gasteiger partial charge in [-0.2, -0.15) is 0 Å². The molecule has 2 unspecified atom stereocenters. The third-order valence-corrected chi connectivity index (χ3v) is 5.74. The lowest BCUT2D eigenvalue weighted by atomic mass is 10.0. The largest absolute Gasteiger partial charge is 0.313 e. The van der Waals surface area contributed by atoms with Crippen molar-refractivity contribution >= 4 is 9.84 Å². The van der Waals surface area contributed by atoms with E-state index in [0.29, 0.717) is 10.8 Å². The fourth-order valence-corrected chi connectivity index (χ4v) is 4.21. The van der Waals surface area contributed by atoms with Gasteiger partial charge in [-0.1, -0.05) is 45.4 Å². The summed E-state index contributed by atoms with van der Waals surface area (Å²) >= 11 is 0. The molecule has 20 heavy (non-hydrogen) atoms. The molecule has 0 bridgehead atoms. The van der Waals surface area contributed by atoms with Crippen LogP contribution in [-0.2, 0) is 9.84 Å². The molecule has 0 radical (unpaired) electrons. The standard InChI is InChI=1S/C16H27NO2S/c1-5-11-17-15(13(3)6-2)12-20(18,19)16-10-8-7-9-14(16)4/h7-10,13,15,17H,5-6,11-12H2,1-4H3. The average Bonchev–Trinajstić information content (AvgIpc) is 2.42. The van der Waals surface area contributed by atoms with Gasteiger partial charge in [-0.3, -0.25) is 0 Å². The number of hydrogen-bond donors (Lipinski definition) is 1. The lowest BCUT2D eigenvalue weighted by Crippen LogP contribution is -2.41. The Labute approximate surface area is 123 Å². The van der Waals surface area contributed by atoms with E-state index < -0.39 is 9.84 Å². The van der Waals surface area contributed by atoms with Crippen molar-refractivity contribution in [3.63, 3.8) is 0 Å². The first-order valence-corrected chi connectivity index (χ1v) is 9.09. The lowest BCUT2D eigenvalue weighted by molar-refractivity contribution is 0.391. The summed E-state index contributed by atoms with van der Waals surface area (Å²) in [7, 11) is -3.24. The molecule has 0 heterocycles. The molecule has 0 aliphatic rings. The Bertz CT molecular complexity index is 511. The second kappa shape index (κ2) is 7.79. The number of nitrogens with one attached hydrogen (secondary N) is 1. The number of aryl methyl sites for hydroxylation is 1. The number of rotatable bonds is 8. The second-order valence-corrected chi connectivity index (χ2v) is 7.50. The summed E-state index contributed by atoms with van der Waals surface area (Å²) in [4.78, 5) is 0.464. The van der Waals surface area contributed by atoms with Crippen molar-refractivity contribution in [1.29, 1.82) is 0 Å². The Morgan fingerprint density at radius 1 is 1.20 bits per heavy atom. The first-order chi connectivity index (χ1) is 9.42. The fraction of sp³-hybridized carbons (Fsp3) is 0.625. The van der Waals surface area contributed by atoms with Gasteiger partial charge in [0.15, 0.2) is 9.84 Å². The maximum Gasteiger partial charge on any atom is 0.180 e. The van der Waals surface area contributed by atoms with Gasteiger partial charge >= 0.3 is 0 Å². The van der Waals surface area contributed by atoms with Gasteiger partial charge in [0.1, 0.15) is 0 Å². The first kappa shape index (κ1) is 17.2. The highest BCUT2D eigenvalue weighted by atomic mass is 32.2. The Hall–Kier alpha value is -0.870. The summed E-state index contributed by atoms with van der Waals surface area (Å²) in [5.41, 5.74) is 0.825. The fourth-order valence-electron chi connectivity index (χ4n) is 2.27. The number of benzene rings is 1. The van der Waals surface area contributed by atoms with Crippen molar-refractivity contribution in [1.82, 2.24) is 5.32 Å². The molecule has 0 aromatic heterocycles. The molecule has 3 nitrogen and oxygen atoms in total. The monoisotopic (exact) mass is 297 g/mol. The zero-order chi connectivity index (χ0) is 15.2. The highest BCUT2D eigenvalue weighted by Crippen LogP contribution is 2.19. The van der Waals surface area contributed by atoms with E-state index in [1.807, 2.05) is 19.1 Å². The zero-order valence-corrected chi connectivity index (χ0v) is 13.8. The highest BCUT2D eigenvalue weighted by Gasteiger charge is 2.25. The molecule has 0 amide bonds. The lowest BCUT2D eigenvalue weighted by Gasteiger charge is -2.24. The van der Waals surface area contributed by atoms with Gasteiger partial charge in [-0.05, 0) is 37.4 Å². The van der Waals surface area contributed by atoms with E-state index in [9.17, 15) is 8.42 Å². The van der Waals surface area contributed by atoms with Crippen LogP contribution in [0.15, 0.2) is 29.2 Å². The van der Waals surface area contributed by atoms with Crippen molar-refractivity contribution in [2.24, 2.45) is 5.92 Å². The van der Waals surface area contributed by atoms with Crippen LogP contribution in [0.4, 0.5) is 0 Å². The second-order valence-electron chi connectivity index (χ2n) is 5.49.